The van der Waals surface area contributed by atoms with Gasteiger partial charge in [-0.15, -0.1) is 0 Å². The standard InChI is InChI=1S/C17H12N4O2/c1-11-19-16(21-23-11)13-5-7-14(8-6-13)17(22)20-15-4-2-3-12(9-15)10-18/h2-9H,1H3,(H,20,22). The molecule has 6 nitrogen and oxygen atoms in total. The maximum Gasteiger partial charge on any atom is 0.255 e. The first-order valence-electron chi connectivity index (χ1n) is 6.88. The number of nitrogens with one attached hydrogen (secondary N) is 1. The summed E-state index contributed by atoms with van der Waals surface area (Å²) < 4.78 is 4.93. The van der Waals surface area contributed by atoms with Gasteiger partial charge in [0, 0.05) is 23.7 Å². The van der Waals surface area contributed by atoms with E-state index in [1.165, 1.54) is 0 Å². The number of anilines is 1. The average Bonchev–Trinajstić information content (AvgIpc) is 3.01. The van der Waals surface area contributed by atoms with Crippen LogP contribution in [0.3, 0.4) is 0 Å². The molecule has 0 saturated carbocycles. The number of hydrogen-bond donors (Lipinski definition) is 1. The SMILES string of the molecule is Cc1nc(-c2ccc(C(=O)Nc3cccc(C#N)c3)cc2)no1. The van der Waals surface area contributed by atoms with E-state index in [-0.39, 0.29) is 5.91 Å². The number of benzene rings is 2. The van der Waals surface area contributed by atoms with Crippen LogP contribution in [0, 0.1) is 18.3 Å². The molecule has 6 heteroatoms. The van der Waals surface area contributed by atoms with Crippen LogP contribution in [-0.4, -0.2) is 16.0 Å². The lowest BCUT2D eigenvalue weighted by molar-refractivity contribution is 0.102. The second-order valence-corrected chi connectivity index (χ2v) is 4.86. The minimum absolute atomic E-state index is 0.254. The van der Waals surface area contributed by atoms with Crippen LogP contribution in [0.1, 0.15) is 21.8 Å². The maximum absolute atomic E-state index is 12.2. The molecule has 0 fully saturated rings. The third kappa shape index (κ3) is 3.24. The number of carbonyl (C=O) groups is 1. The van der Waals surface area contributed by atoms with Crippen molar-refractivity contribution in [1.82, 2.24) is 10.1 Å². The molecule has 2 aromatic carbocycles. The summed E-state index contributed by atoms with van der Waals surface area (Å²) in [5.41, 5.74) is 2.33. The van der Waals surface area contributed by atoms with Gasteiger partial charge < -0.3 is 9.84 Å². The number of carbonyl (C=O) groups excluding carboxylic acids is 1. The Kier molecular flexibility index (Phi) is 3.85. The molecule has 0 spiro atoms. The number of nitriles is 1. The van der Waals surface area contributed by atoms with Crippen LogP contribution in [0.5, 0.6) is 0 Å². The van der Waals surface area contributed by atoms with Gasteiger partial charge in [-0.3, -0.25) is 4.79 Å². The number of hydrogen-bond acceptors (Lipinski definition) is 5. The average molecular weight is 304 g/mol. The van der Waals surface area contributed by atoms with Gasteiger partial charge in [0.15, 0.2) is 0 Å². The van der Waals surface area contributed by atoms with E-state index >= 15 is 0 Å². The first kappa shape index (κ1) is 14.5. The molecular weight excluding hydrogens is 292 g/mol. The van der Waals surface area contributed by atoms with Crippen molar-refractivity contribution in [2.24, 2.45) is 0 Å². The number of nitrogens with zero attached hydrogens (tertiary/aromatic N) is 3. The van der Waals surface area contributed by atoms with E-state index < -0.39 is 0 Å². The molecule has 0 unspecified atom stereocenters. The Balaban J connectivity index is 1.76. The van der Waals surface area contributed by atoms with E-state index in [2.05, 4.69) is 15.5 Å². The van der Waals surface area contributed by atoms with E-state index in [9.17, 15) is 4.79 Å². The van der Waals surface area contributed by atoms with Crippen molar-refractivity contribution in [3.05, 3.63) is 65.5 Å². The van der Waals surface area contributed by atoms with Crippen molar-refractivity contribution >= 4 is 11.6 Å². The molecule has 112 valence electrons. The molecule has 23 heavy (non-hydrogen) atoms. The molecule has 0 aliphatic heterocycles. The molecule has 1 amide bonds. The van der Waals surface area contributed by atoms with Crippen molar-refractivity contribution in [2.75, 3.05) is 5.32 Å². The Morgan fingerprint density at radius 2 is 2.00 bits per heavy atom. The third-order valence-electron chi connectivity index (χ3n) is 3.18. The zero-order chi connectivity index (χ0) is 16.2. The smallest absolute Gasteiger partial charge is 0.255 e. The van der Waals surface area contributed by atoms with Crippen molar-refractivity contribution in [3.8, 4) is 17.5 Å². The summed E-state index contributed by atoms with van der Waals surface area (Å²) in [6.45, 7) is 1.72. The second kappa shape index (κ2) is 6.12. The number of aryl methyl sites for hydroxylation is 1. The molecule has 1 aromatic heterocycles. The zero-order valence-electron chi connectivity index (χ0n) is 12.3. The van der Waals surface area contributed by atoms with Crippen LogP contribution in [0.2, 0.25) is 0 Å². The molecule has 3 aromatic rings. The van der Waals surface area contributed by atoms with Crippen molar-refractivity contribution in [3.63, 3.8) is 0 Å². The van der Waals surface area contributed by atoms with Gasteiger partial charge in [-0.1, -0.05) is 23.4 Å². The Hall–Kier alpha value is -3.46. The van der Waals surface area contributed by atoms with E-state index in [4.69, 9.17) is 9.78 Å². The Morgan fingerprint density at radius 3 is 2.65 bits per heavy atom. The predicted octanol–water partition coefficient (Wildman–Crippen LogP) is 3.17. The summed E-state index contributed by atoms with van der Waals surface area (Å²) in [7, 11) is 0. The molecule has 0 aliphatic rings. The number of rotatable bonds is 3. The highest BCUT2D eigenvalue weighted by Gasteiger charge is 2.09. The summed E-state index contributed by atoms with van der Waals surface area (Å²) in [6.07, 6.45) is 0. The maximum atomic E-state index is 12.2. The van der Waals surface area contributed by atoms with E-state index in [1.807, 2.05) is 6.07 Å². The first-order chi connectivity index (χ1) is 11.2. The molecule has 0 aliphatic carbocycles. The summed E-state index contributed by atoms with van der Waals surface area (Å²) in [4.78, 5) is 16.4. The summed E-state index contributed by atoms with van der Waals surface area (Å²) in [5.74, 6) is 0.714. The topological polar surface area (TPSA) is 91.8 Å². The van der Waals surface area contributed by atoms with Crippen LogP contribution in [-0.2, 0) is 0 Å². The Morgan fingerprint density at radius 1 is 1.22 bits per heavy atom. The van der Waals surface area contributed by atoms with E-state index in [0.29, 0.717) is 28.5 Å². The normalized spacial score (nSPS) is 10.1. The molecule has 0 atom stereocenters. The summed E-state index contributed by atoms with van der Waals surface area (Å²) in [6, 6.07) is 15.7. The molecule has 0 radical (unpaired) electrons. The largest absolute Gasteiger partial charge is 0.339 e. The predicted molar refractivity (Wildman–Crippen MR) is 83.6 cm³/mol. The zero-order valence-corrected chi connectivity index (χ0v) is 12.3. The molecule has 1 heterocycles. The van der Waals surface area contributed by atoms with Crippen LogP contribution < -0.4 is 5.32 Å². The quantitative estimate of drug-likeness (QED) is 0.802. The second-order valence-electron chi connectivity index (χ2n) is 4.86. The van der Waals surface area contributed by atoms with Gasteiger partial charge in [-0.25, -0.2) is 0 Å². The molecule has 0 bridgehead atoms. The monoisotopic (exact) mass is 304 g/mol. The van der Waals surface area contributed by atoms with Crippen LogP contribution in [0.4, 0.5) is 5.69 Å². The number of amides is 1. The van der Waals surface area contributed by atoms with Gasteiger partial charge in [0.25, 0.3) is 5.91 Å². The van der Waals surface area contributed by atoms with E-state index in [1.54, 1.807) is 55.5 Å². The van der Waals surface area contributed by atoms with Crippen LogP contribution in [0.15, 0.2) is 53.1 Å². The third-order valence-corrected chi connectivity index (χ3v) is 3.18. The van der Waals surface area contributed by atoms with Crippen molar-refractivity contribution in [2.45, 2.75) is 6.92 Å². The Labute approximate surface area is 132 Å². The fourth-order valence-corrected chi connectivity index (χ4v) is 2.06. The highest BCUT2D eigenvalue weighted by Crippen LogP contribution is 2.17. The van der Waals surface area contributed by atoms with Gasteiger partial charge in [0.05, 0.1) is 11.6 Å². The summed E-state index contributed by atoms with van der Waals surface area (Å²) in [5, 5.41) is 15.5. The lowest BCUT2D eigenvalue weighted by atomic mass is 10.1. The minimum Gasteiger partial charge on any atom is -0.339 e. The van der Waals surface area contributed by atoms with Gasteiger partial charge in [0.2, 0.25) is 11.7 Å². The fourth-order valence-electron chi connectivity index (χ4n) is 2.06. The van der Waals surface area contributed by atoms with Crippen LogP contribution in [0.25, 0.3) is 11.4 Å². The van der Waals surface area contributed by atoms with Crippen molar-refractivity contribution < 1.29 is 9.32 Å². The molecule has 1 N–H and O–H groups in total. The van der Waals surface area contributed by atoms with Gasteiger partial charge >= 0.3 is 0 Å². The van der Waals surface area contributed by atoms with Gasteiger partial charge in [0.1, 0.15) is 0 Å². The lowest BCUT2D eigenvalue weighted by Gasteiger charge is -2.05. The summed E-state index contributed by atoms with van der Waals surface area (Å²) >= 11 is 0. The molecular formula is C17H12N4O2. The highest BCUT2D eigenvalue weighted by atomic mass is 16.5. The van der Waals surface area contributed by atoms with E-state index in [0.717, 1.165) is 5.56 Å². The first-order valence-corrected chi connectivity index (χ1v) is 6.88. The Bertz CT molecular complexity index is 891. The highest BCUT2D eigenvalue weighted by molar-refractivity contribution is 6.04. The minimum atomic E-state index is -0.254. The lowest BCUT2D eigenvalue weighted by Crippen LogP contribution is -2.11. The molecule has 3 rings (SSSR count). The van der Waals surface area contributed by atoms with Crippen molar-refractivity contribution in [1.29, 1.82) is 5.26 Å². The fraction of sp³-hybridized carbons (Fsp3) is 0.0588. The number of aromatic nitrogens is 2. The van der Waals surface area contributed by atoms with Gasteiger partial charge in [-0.2, -0.15) is 10.2 Å². The van der Waals surface area contributed by atoms with Gasteiger partial charge in [-0.05, 0) is 30.3 Å². The molecule has 0 saturated heterocycles. The van der Waals surface area contributed by atoms with Crippen LogP contribution >= 0.6 is 0 Å².